The lowest BCUT2D eigenvalue weighted by molar-refractivity contribution is -0.125. The highest BCUT2D eigenvalue weighted by atomic mass is 16.5. The highest BCUT2D eigenvalue weighted by molar-refractivity contribution is 5.99. The first-order valence-electron chi connectivity index (χ1n) is 8.85. The third kappa shape index (κ3) is 4.55. The number of anilines is 2. The highest BCUT2D eigenvalue weighted by Crippen LogP contribution is 2.34. The Morgan fingerprint density at radius 2 is 1.89 bits per heavy atom. The van der Waals surface area contributed by atoms with Crippen LogP contribution in [-0.4, -0.2) is 28.6 Å². The highest BCUT2D eigenvalue weighted by Gasteiger charge is 2.32. The lowest BCUT2D eigenvalue weighted by Gasteiger charge is -2.32. The summed E-state index contributed by atoms with van der Waals surface area (Å²) in [6.07, 6.45) is -0.646. The van der Waals surface area contributed by atoms with E-state index in [-0.39, 0.29) is 17.5 Å². The van der Waals surface area contributed by atoms with Crippen molar-refractivity contribution in [2.45, 2.75) is 45.9 Å². The van der Waals surface area contributed by atoms with Gasteiger partial charge in [0, 0.05) is 5.54 Å². The van der Waals surface area contributed by atoms with Crippen LogP contribution in [0.2, 0.25) is 0 Å². The van der Waals surface area contributed by atoms with E-state index < -0.39 is 6.10 Å². The number of nitrogens with zero attached hydrogens (tertiary/aromatic N) is 2. The maximum absolute atomic E-state index is 12.6. The first-order valence-corrected chi connectivity index (χ1v) is 8.85. The molecule has 2 heterocycles. The lowest BCUT2D eigenvalue weighted by Crippen LogP contribution is -2.44. The number of amides is 3. The maximum atomic E-state index is 12.6. The predicted octanol–water partition coefficient (Wildman–Crippen LogP) is 3.32. The Labute approximate surface area is 158 Å². The third-order valence-electron chi connectivity index (χ3n) is 3.95. The van der Waals surface area contributed by atoms with E-state index in [0.29, 0.717) is 23.9 Å². The number of nitrogens with one attached hydrogen (secondary N) is 2. The quantitative estimate of drug-likeness (QED) is 0.871. The number of urea groups is 1. The van der Waals surface area contributed by atoms with E-state index in [1.807, 2.05) is 51.1 Å². The molecule has 7 nitrogen and oxygen atoms in total. The lowest BCUT2D eigenvalue weighted by atomic mass is 10.1. The van der Waals surface area contributed by atoms with E-state index in [4.69, 9.17) is 4.74 Å². The topological polar surface area (TPSA) is 83.6 Å². The van der Waals surface area contributed by atoms with Gasteiger partial charge in [0.1, 0.15) is 11.5 Å². The fraction of sp³-hybridized carbons (Fsp3) is 0.350. The fourth-order valence-corrected chi connectivity index (χ4v) is 2.77. The Balaban J connectivity index is 1.83. The minimum Gasteiger partial charge on any atom is -0.463 e. The Morgan fingerprint density at radius 3 is 2.56 bits per heavy atom. The SMILES string of the molecule is C[C@H]1Oc2nc(NC(=O)NC(C)(C)C)ccc2N(Cc2ccccc2)C1=O. The summed E-state index contributed by atoms with van der Waals surface area (Å²) in [5.41, 5.74) is 1.24. The first kappa shape index (κ1) is 18.7. The average molecular weight is 368 g/mol. The van der Waals surface area contributed by atoms with E-state index in [9.17, 15) is 9.59 Å². The molecule has 0 fully saturated rings. The minimum atomic E-state index is -0.646. The van der Waals surface area contributed by atoms with Gasteiger partial charge in [-0.25, -0.2) is 4.79 Å². The summed E-state index contributed by atoms with van der Waals surface area (Å²) in [7, 11) is 0. The number of rotatable bonds is 3. The second-order valence-electron chi connectivity index (χ2n) is 7.52. The number of hydrogen-bond acceptors (Lipinski definition) is 4. The molecule has 1 aromatic carbocycles. The van der Waals surface area contributed by atoms with Gasteiger partial charge in [-0.2, -0.15) is 4.98 Å². The van der Waals surface area contributed by atoms with Gasteiger partial charge in [0.05, 0.1) is 6.54 Å². The number of ether oxygens (including phenoxy) is 1. The largest absolute Gasteiger partial charge is 0.463 e. The normalized spacial score (nSPS) is 16.4. The molecular weight excluding hydrogens is 344 g/mol. The smallest absolute Gasteiger partial charge is 0.320 e. The van der Waals surface area contributed by atoms with Crippen LogP contribution in [0.5, 0.6) is 5.88 Å². The van der Waals surface area contributed by atoms with Crippen molar-refractivity contribution in [1.82, 2.24) is 10.3 Å². The summed E-state index contributed by atoms with van der Waals surface area (Å²) in [5, 5.41) is 5.50. The summed E-state index contributed by atoms with van der Waals surface area (Å²) in [6.45, 7) is 7.80. The summed E-state index contributed by atoms with van der Waals surface area (Å²) in [6, 6.07) is 12.8. The molecule has 0 spiro atoms. The van der Waals surface area contributed by atoms with Crippen LogP contribution in [0.1, 0.15) is 33.3 Å². The van der Waals surface area contributed by atoms with Gasteiger partial charge in [-0.05, 0) is 45.4 Å². The summed E-state index contributed by atoms with van der Waals surface area (Å²) >= 11 is 0. The van der Waals surface area contributed by atoms with E-state index in [2.05, 4.69) is 15.6 Å². The first-order chi connectivity index (χ1) is 12.7. The third-order valence-corrected chi connectivity index (χ3v) is 3.95. The average Bonchev–Trinajstić information content (AvgIpc) is 2.58. The molecule has 0 aliphatic carbocycles. The molecule has 1 aliphatic heterocycles. The summed E-state index contributed by atoms with van der Waals surface area (Å²) < 4.78 is 5.66. The molecule has 3 amide bonds. The molecule has 27 heavy (non-hydrogen) atoms. The number of carbonyl (C=O) groups is 2. The van der Waals surface area contributed by atoms with Gasteiger partial charge >= 0.3 is 6.03 Å². The van der Waals surface area contributed by atoms with Gasteiger partial charge < -0.3 is 10.1 Å². The number of aromatic nitrogens is 1. The number of carbonyl (C=O) groups excluding carboxylic acids is 2. The zero-order valence-corrected chi connectivity index (χ0v) is 15.9. The van der Waals surface area contributed by atoms with E-state index in [0.717, 1.165) is 5.56 Å². The van der Waals surface area contributed by atoms with Gasteiger partial charge in [-0.15, -0.1) is 0 Å². The molecule has 142 valence electrons. The van der Waals surface area contributed by atoms with Crippen LogP contribution in [0, 0.1) is 0 Å². The Bertz CT molecular complexity index is 846. The molecule has 1 aromatic heterocycles. The molecule has 0 unspecified atom stereocenters. The second-order valence-corrected chi connectivity index (χ2v) is 7.52. The van der Waals surface area contributed by atoms with Crippen molar-refractivity contribution in [2.24, 2.45) is 0 Å². The van der Waals surface area contributed by atoms with Gasteiger partial charge in [0.15, 0.2) is 6.10 Å². The number of benzene rings is 1. The van der Waals surface area contributed by atoms with Crippen molar-refractivity contribution >= 4 is 23.4 Å². The summed E-state index contributed by atoms with van der Waals surface area (Å²) in [5.74, 6) is 0.558. The van der Waals surface area contributed by atoms with Crippen LogP contribution in [0.25, 0.3) is 0 Å². The van der Waals surface area contributed by atoms with Crippen molar-refractivity contribution in [2.75, 3.05) is 10.2 Å². The van der Waals surface area contributed by atoms with Crippen LogP contribution >= 0.6 is 0 Å². The Morgan fingerprint density at radius 1 is 1.19 bits per heavy atom. The Kier molecular flexibility index (Phi) is 5.03. The van der Waals surface area contributed by atoms with E-state index in [1.165, 1.54) is 0 Å². The van der Waals surface area contributed by atoms with Gasteiger partial charge in [0.25, 0.3) is 5.91 Å². The van der Waals surface area contributed by atoms with Gasteiger partial charge in [0.2, 0.25) is 5.88 Å². The molecule has 1 atom stereocenters. The van der Waals surface area contributed by atoms with Crippen molar-refractivity contribution in [3.05, 3.63) is 48.0 Å². The van der Waals surface area contributed by atoms with E-state index in [1.54, 1.807) is 24.0 Å². The van der Waals surface area contributed by atoms with Crippen LogP contribution in [0.3, 0.4) is 0 Å². The number of pyridine rings is 1. The van der Waals surface area contributed by atoms with Crippen molar-refractivity contribution in [1.29, 1.82) is 0 Å². The molecule has 0 bridgehead atoms. The summed E-state index contributed by atoms with van der Waals surface area (Å²) in [4.78, 5) is 30.7. The number of fused-ring (bicyclic) bond motifs is 1. The Hall–Kier alpha value is -3.09. The molecule has 2 aromatic rings. The molecule has 0 radical (unpaired) electrons. The monoisotopic (exact) mass is 368 g/mol. The molecule has 7 heteroatoms. The van der Waals surface area contributed by atoms with Crippen LogP contribution in [-0.2, 0) is 11.3 Å². The molecule has 3 rings (SSSR count). The zero-order valence-electron chi connectivity index (χ0n) is 15.9. The molecule has 0 saturated carbocycles. The van der Waals surface area contributed by atoms with Gasteiger partial charge in [-0.3, -0.25) is 15.0 Å². The molecular formula is C20H24N4O3. The molecule has 1 aliphatic rings. The van der Waals surface area contributed by atoms with Gasteiger partial charge in [-0.1, -0.05) is 30.3 Å². The fourth-order valence-electron chi connectivity index (χ4n) is 2.77. The minimum absolute atomic E-state index is 0.126. The predicted molar refractivity (Wildman–Crippen MR) is 104 cm³/mol. The van der Waals surface area contributed by atoms with Crippen molar-refractivity contribution < 1.29 is 14.3 Å². The molecule has 2 N–H and O–H groups in total. The van der Waals surface area contributed by atoms with Crippen molar-refractivity contribution in [3.63, 3.8) is 0 Å². The van der Waals surface area contributed by atoms with Crippen LogP contribution in [0.15, 0.2) is 42.5 Å². The van der Waals surface area contributed by atoms with Crippen LogP contribution in [0.4, 0.5) is 16.3 Å². The zero-order chi connectivity index (χ0) is 19.6. The van der Waals surface area contributed by atoms with E-state index >= 15 is 0 Å². The maximum Gasteiger partial charge on any atom is 0.320 e. The van der Waals surface area contributed by atoms with Crippen LogP contribution < -0.4 is 20.3 Å². The van der Waals surface area contributed by atoms with Crippen molar-refractivity contribution in [3.8, 4) is 5.88 Å². The second kappa shape index (κ2) is 7.26. The number of hydrogen-bond donors (Lipinski definition) is 2. The molecule has 0 saturated heterocycles. The standard InChI is InChI=1S/C20H24N4O3/c1-13-18(25)24(12-14-8-6-5-7-9-14)15-10-11-16(21-17(15)27-13)22-19(26)23-20(2,3)4/h5-11,13H,12H2,1-4H3,(H2,21,22,23,26)/t13-/m1/s1.